The zero-order chi connectivity index (χ0) is 20.3. The fourth-order valence-electron chi connectivity index (χ4n) is 2.31. The molecule has 0 bridgehead atoms. The summed E-state index contributed by atoms with van der Waals surface area (Å²) in [5.74, 6) is 0.0256. The fraction of sp³-hybridized carbons (Fsp3) is 0.588. The molecule has 2 N–H and O–H groups in total. The zero-order valence-corrected chi connectivity index (χ0v) is 18.1. The summed E-state index contributed by atoms with van der Waals surface area (Å²) in [5.41, 5.74) is 0.729. The van der Waals surface area contributed by atoms with Gasteiger partial charge in [-0.05, 0) is 37.3 Å². The second kappa shape index (κ2) is 11.7. The molecule has 0 aliphatic heterocycles. The van der Waals surface area contributed by atoms with Crippen LogP contribution in [0.2, 0.25) is 0 Å². The molecule has 0 saturated carbocycles. The summed E-state index contributed by atoms with van der Waals surface area (Å²) in [6.45, 7) is 1.68. The van der Waals surface area contributed by atoms with Crippen LogP contribution in [0.15, 0.2) is 30.3 Å². The van der Waals surface area contributed by atoms with Crippen LogP contribution < -0.4 is 10.0 Å². The molecule has 7 nitrogen and oxygen atoms in total. The third kappa shape index (κ3) is 10.1. The van der Waals surface area contributed by atoms with Crippen molar-refractivity contribution in [2.75, 3.05) is 30.1 Å². The van der Waals surface area contributed by atoms with E-state index < -0.39 is 31.8 Å². The predicted molar refractivity (Wildman–Crippen MR) is 111 cm³/mol. The average molecular weight is 437 g/mol. The SMILES string of the molecule is CCS(=O)(=O)NC(CCSC)C(=O)NCCCS(=O)(=O)Cc1ccccc1. The van der Waals surface area contributed by atoms with E-state index in [1.165, 1.54) is 18.7 Å². The molecule has 1 amide bonds. The van der Waals surface area contributed by atoms with Crippen LogP contribution in [0, 0.1) is 0 Å². The maximum atomic E-state index is 12.3. The van der Waals surface area contributed by atoms with Gasteiger partial charge in [-0.25, -0.2) is 21.6 Å². The first-order valence-electron chi connectivity index (χ1n) is 8.70. The van der Waals surface area contributed by atoms with Gasteiger partial charge in [-0.1, -0.05) is 30.3 Å². The van der Waals surface area contributed by atoms with Crippen LogP contribution in [0.4, 0.5) is 0 Å². The van der Waals surface area contributed by atoms with Gasteiger partial charge in [0.15, 0.2) is 9.84 Å². The molecule has 0 aliphatic rings. The van der Waals surface area contributed by atoms with Crippen LogP contribution >= 0.6 is 11.8 Å². The Morgan fingerprint density at radius 1 is 1.15 bits per heavy atom. The number of sulfonamides is 1. The molecule has 27 heavy (non-hydrogen) atoms. The Labute approximate surface area is 166 Å². The Balaban J connectivity index is 2.48. The first-order valence-corrected chi connectivity index (χ1v) is 13.6. The Hall–Kier alpha value is -1.10. The van der Waals surface area contributed by atoms with Gasteiger partial charge >= 0.3 is 0 Å². The van der Waals surface area contributed by atoms with E-state index in [1.54, 1.807) is 24.3 Å². The lowest BCUT2D eigenvalue weighted by molar-refractivity contribution is -0.122. The Kier molecular flexibility index (Phi) is 10.4. The molecular weight excluding hydrogens is 408 g/mol. The molecule has 0 saturated heterocycles. The monoisotopic (exact) mass is 436 g/mol. The minimum absolute atomic E-state index is 0.0333. The maximum Gasteiger partial charge on any atom is 0.238 e. The molecule has 0 heterocycles. The standard InChI is InChI=1S/C17H28N2O5S3/c1-3-27(23,24)19-16(10-12-25-2)17(20)18-11-7-13-26(21,22)14-15-8-5-4-6-9-15/h4-6,8-9,16,19H,3,7,10-14H2,1-2H3,(H,18,20). The van der Waals surface area contributed by atoms with E-state index in [0.717, 1.165) is 5.56 Å². The second-order valence-corrected chi connectivity index (χ2v) is 11.3. The van der Waals surface area contributed by atoms with E-state index in [4.69, 9.17) is 0 Å². The van der Waals surface area contributed by atoms with Crippen molar-refractivity contribution in [3.05, 3.63) is 35.9 Å². The smallest absolute Gasteiger partial charge is 0.238 e. The number of carbonyl (C=O) groups is 1. The number of sulfone groups is 1. The number of thioether (sulfide) groups is 1. The highest BCUT2D eigenvalue weighted by atomic mass is 32.2. The molecule has 154 valence electrons. The number of amides is 1. The minimum Gasteiger partial charge on any atom is -0.355 e. The van der Waals surface area contributed by atoms with Crippen molar-refractivity contribution in [2.45, 2.75) is 31.6 Å². The normalized spacial score (nSPS) is 13.3. The molecule has 0 fully saturated rings. The van der Waals surface area contributed by atoms with Crippen molar-refractivity contribution in [3.8, 4) is 0 Å². The first-order chi connectivity index (χ1) is 12.7. The summed E-state index contributed by atoms with van der Waals surface area (Å²) >= 11 is 1.52. The Morgan fingerprint density at radius 2 is 1.81 bits per heavy atom. The van der Waals surface area contributed by atoms with Gasteiger partial charge in [0.05, 0.1) is 17.3 Å². The highest BCUT2D eigenvalue weighted by Crippen LogP contribution is 2.07. The van der Waals surface area contributed by atoms with Crippen LogP contribution in [0.5, 0.6) is 0 Å². The highest BCUT2D eigenvalue weighted by Gasteiger charge is 2.23. The molecule has 1 unspecified atom stereocenters. The lowest BCUT2D eigenvalue weighted by Gasteiger charge is -2.17. The van der Waals surface area contributed by atoms with Gasteiger partial charge in [-0.3, -0.25) is 4.79 Å². The molecule has 0 aromatic heterocycles. The number of hydrogen-bond donors (Lipinski definition) is 2. The molecule has 10 heteroatoms. The molecule has 0 radical (unpaired) electrons. The van der Waals surface area contributed by atoms with Gasteiger partial charge in [0.25, 0.3) is 0 Å². The van der Waals surface area contributed by atoms with Gasteiger partial charge in [-0.2, -0.15) is 11.8 Å². The van der Waals surface area contributed by atoms with Crippen molar-refractivity contribution in [2.24, 2.45) is 0 Å². The van der Waals surface area contributed by atoms with E-state index in [9.17, 15) is 21.6 Å². The highest BCUT2D eigenvalue weighted by molar-refractivity contribution is 7.98. The van der Waals surface area contributed by atoms with E-state index >= 15 is 0 Å². The lowest BCUT2D eigenvalue weighted by Crippen LogP contribution is -2.47. The van der Waals surface area contributed by atoms with E-state index in [-0.39, 0.29) is 30.2 Å². The first kappa shape index (κ1) is 23.9. The average Bonchev–Trinajstić information content (AvgIpc) is 2.62. The van der Waals surface area contributed by atoms with E-state index in [1.807, 2.05) is 12.3 Å². The van der Waals surface area contributed by atoms with Gasteiger partial charge < -0.3 is 5.32 Å². The molecular formula is C17H28N2O5S3. The van der Waals surface area contributed by atoms with Crippen LogP contribution in [-0.4, -0.2) is 58.8 Å². The fourth-order valence-corrected chi connectivity index (χ4v) is 5.03. The number of hydrogen-bond acceptors (Lipinski definition) is 6. The van der Waals surface area contributed by atoms with Crippen molar-refractivity contribution < 1.29 is 21.6 Å². The van der Waals surface area contributed by atoms with Gasteiger partial charge in [0.1, 0.15) is 6.04 Å². The van der Waals surface area contributed by atoms with Crippen molar-refractivity contribution in [1.29, 1.82) is 0 Å². The number of benzene rings is 1. The zero-order valence-electron chi connectivity index (χ0n) is 15.7. The minimum atomic E-state index is -3.50. The van der Waals surface area contributed by atoms with Crippen LogP contribution in [0.1, 0.15) is 25.3 Å². The number of nitrogens with one attached hydrogen (secondary N) is 2. The summed E-state index contributed by atoms with van der Waals surface area (Å²) in [7, 11) is -6.76. The molecule has 1 atom stereocenters. The van der Waals surface area contributed by atoms with Crippen molar-refractivity contribution in [3.63, 3.8) is 0 Å². The van der Waals surface area contributed by atoms with Crippen molar-refractivity contribution >= 4 is 37.5 Å². The summed E-state index contributed by atoms with van der Waals surface area (Å²) in [5, 5.41) is 2.64. The third-order valence-corrected chi connectivity index (χ3v) is 7.52. The molecule has 0 aliphatic carbocycles. The van der Waals surface area contributed by atoms with Crippen LogP contribution in [0.25, 0.3) is 0 Å². The Bertz CT molecular complexity index is 780. The molecule has 1 rings (SSSR count). The number of carbonyl (C=O) groups excluding carboxylic acids is 1. The van der Waals surface area contributed by atoms with Crippen molar-refractivity contribution in [1.82, 2.24) is 10.0 Å². The van der Waals surface area contributed by atoms with Gasteiger partial charge in [0.2, 0.25) is 15.9 Å². The van der Waals surface area contributed by atoms with E-state index in [0.29, 0.717) is 12.2 Å². The summed E-state index contributed by atoms with van der Waals surface area (Å²) in [4.78, 5) is 12.3. The lowest BCUT2D eigenvalue weighted by atomic mass is 10.2. The maximum absolute atomic E-state index is 12.3. The Morgan fingerprint density at radius 3 is 2.41 bits per heavy atom. The van der Waals surface area contributed by atoms with Gasteiger partial charge in [0, 0.05) is 6.54 Å². The predicted octanol–water partition coefficient (Wildman–Crippen LogP) is 1.17. The van der Waals surface area contributed by atoms with Gasteiger partial charge in [-0.15, -0.1) is 0 Å². The summed E-state index contributed by atoms with van der Waals surface area (Å²) < 4.78 is 50.1. The summed E-state index contributed by atoms with van der Waals surface area (Å²) in [6.07, 6.45) is 2.52. The topological polar surface area (TPSA) is 109 Å². The largest absolute Gasteiger partial charge is 0.355 e. The summed E-state index contributed by atoms with van der Waals surface area (Å²) in [6, 6.07) is 8.08. The second-order valence-electron chi connectivity index (χ2n) is 6.08. The molecule has 1 aromatic carbocycles. The third-order valence-electron chi connectivity index (χ3n) is 3.79. The van der Waals surface area contributed by atoms with Crippen LogP contribution in [0.3, 0.4) is 0 Å². The quantitative estimate of drug-likeness (QED) is 0.449. The van der Waals surface area contributed by atoms with E-state index in [2.05, 4.69) is 10.0 Å². The molecule has 1 aromatic rings. The van der Waals surface area contributed by atoms with Crippen LogP contribution in [-0.2, 0) is 30.4 Å². The molecule has 0 spiro atoms. The number of rotatable bonds is 13.